The first kappa shape index (κ1) is 13.7. The summed E-state index contributed by atoms with van der Waals surface area (Å²) in [6.45, 7) is 10.7. The molecule has 2 heteroatoms. The monoisotopic (exact) mass is 271 g/mol. The van der Waals surface area contributed by atoms with Crippen LogP contribution in [0.15, 0.2) is 30.9 Å². The van der Waals surface area contributed by atoms with E-state index in [-0.39, 0.29) is 5.41 Å². The molecule has 20 heavy (non-hydrogen) atoms. The highest BCUT2D eigenvalue weighted by Gasteiger charge is 2.49. The van der Waals surface area contributed by atoms with Crippen LogP contribution in [0, 0.1) is 5.92 Å². The molecule has 3 rings (SSSR count). The second-order valence-electron chi connectivity index (χ2n) is 6.44. The van der Waals surface area contributed by atoms with Crippen LogP contribution in [-0.4, -0.2) is 29.1 Å². The smallest absolute Gasteiger partial charge is 0.115 e. The normalized spacial score (nSPS) is 32.7. The van der Waals surface area contributed by atoms with Crippen molar-refractivity contribution in [2.75, 3.05) is 13.1 Å². The Morgan fingerprint density at radius 3 is 3.00 bits per heavy atom. The van der Waals surface area contributed by atoms with Crippen molar-refractivity contribution in [3.63, 3.8) is 0 Å². The molecule has 1 aromatic carbocycles. The highest BCUT2D eigenvalue weighted by Crippen LogP contribution is 2.51. The molecule has 0 amide bonds. The van der Waals surface area contributed by atoms with Gasteiger partial charge in [0.15, 0.2) is 0 Å². The number of likely N-dealkylation sites (tertiary alicyclic amines) is 1. The standard InChI is InChI=1S/C18H25NO/c1-4-9-19-10-8-18(5-2)13(3)17(19)11-14-6-7-15(20)12-16(14)18/h4,6-7,12-13,17,20H,1,5,8-11H2,2-3H3/t13-,17+,18+/m0/s1. The number of piperidine rings is 1. The summed E-state index contributed by atoms with van der Waals surface area (Å²) in [6.07, 6.45) is 5.47. The van der Waals surface area contributed by atoms with Crippen LogP contribution in [0.4, 0.5) is 0 Å². The van der Waals surface area contributed by atoms with E-state index in [0.717, 1.165) is 25.9 Å². The average Bonchev–Trinajstić information content (AvgIpc) is 2.44. The molecule has 0 aromatic heterocycles. The molecule has 3 atom stereocenters. The fraction of sp³-hybridized carbons (Fsp3) is 0.556. The number of rotatable bonds is 3. The van der Waals surface area contributed by atoms with E-state index >= 15 is 0 Å². The molecule has 1 heterocycles. The van der Waals surface area contributed by atoms with Crippen LogP contribution in [0.25, 0.3) is 0 Å². The van der Waals surface area contributed by atoms with Gasteiger partial charge in [-0.1, -0.05) is 26.0 Å². The fourth-order valence-corrected chi connectivity index (χ4v) is 4.62. The largest absolute Gasteiger partial charge is 0.508 e. The zero-order valence-corrected chi connectivity index (χ0v) is 12.6. The average molecular weight is 271 g/mol. The number of phenolic OH excluding ortho intramolecular Hbond substituents is 1. The first-order valence-electron chi connectivity index (χ1n) is 7.79. The lowest BCUT2D eigenvalue weighted by Gasteiger charge is -2.55. The van der Waals surface area contributed by atoms with E-state index in [1.165, 1.54) is 17.5 Å². The molecule has 1 aliphatic heterocycles. The number of phenols is 1. The van der Waals surface area contributed by atoms with Gasteiger partial charge in [-0.2, -0.15) is 0 Å². The zero-order chi connectivity index (χ0) is 14.3. The van der Waals surface area contributed by atoms with Crippen molar-refractivity contribution in [1.29, 1.82) is 0 Å². The summed E-state index contributed by atoms with van der Waals surface area (Å²) in [6, 6.07) is 6.60. The van der Waals surface area contributed by atoms with Gasteiger partial charge in [0.2, 0.25) is 0 Å². The van der Waals surface area contributed by atoms with Crippen LogP contribution in [0.3, 0.4) is 0 Å². The number of hydrogen-bond acceptors (Lipinski definition) is 2. The Bertz CT molecular complexity index is 524. The lowest BCUT2D eigenvalue weighted by Crippen LogP contribution is -2.58. The Hall–Kier alpha value is -1.28. The summed E-state index contributed by atoms with van der Waals surface area (Å²) < 4.78 is 0. The van der Waals surface area contributed by atoms with Gasteiger partial charge in [0.1, 0.15) is 5.75 Å². The highest BCUT2D eigenvalue weighted by molar-refractivity contribution is 5.44. The molecule has 1 fully saturated rings. The molecule has 1 saturated heterocycles. The zero-order valence-electron chi connectivity index (χ0n) is 12.6. The van der Waals surface area contributed by atoms with Gasteiger partial charge in [-0.05, 0) is 55.0 Å². The minimum atomic E-state index is 0.245. The van der Waals surface area contributed by atoms with Gasteiger partial charge in [-0.25, -0.2) is 0 Å². The summed E-state index contributed by atoms with van der Waals surface area (Å²) in [4.78, 5) is 2.58. The van der Waals surface area contributed by atoms with Crippen molar-refractivity contribution in [1.82, 2.24) is 4.90 Å². The molecule has 1 aromatic rings. The topological polar surface area (TPSA) is 23.5 Å². The highest BCUT2D eigenvalue weighted by atomic mass is 16.3. The quantitative estimate of drug-likeness (QED) is 0.851. The molecule has 108 valence electrons. The molecule has 0 spiro atoms. The molecule has 0 unspecified atom stereocenters. The Kier molecular flexibility index (Phi) is 3.37. The van der Waals surface area contributed by atoms with Crippen LogP contribution in [0.2, 0.25) is 0 Å². The van der Waals surface area contributed by atoms with Crippen LogP contribution >= 0.6 is 0 Å². The summed E-state index contributed by atoms with van der Waals surface area (Å²) in [7, 11) is 0. The van der Waals surface area contributed by atoms with E-state index in [1.807, 2.05) is 18.2 Å². The molecule has 0 radical (unpaired) electrons. The maximum absolute atomic E-state index is 9.89. The van der Waals surface area contributed by atoms with Crippen molar-refractivity contribution in [2.24, 2.45) is 5.92 Å². The van der Waals surface area contributed by atoms with E-state index in [2.05, 4.69) is 31.4 Å². The van der Waals surface area contributed by atoms with E-state index in [0.29, 0.717) is 17.7 Å². The van der Waals surface area contributed by atoms with Crippen LogP contribution in [-0.2, 0) is 11.8 Å². The summed E-state index contributed by atoms with van der Waals surface area (Å²) in [5.74, 6) is 1.05. The Morgan fingerprint density at radius 2 is 2.30 bits per heavy atom. The third kappa shape index (κ3) is 1.81. The minimum absolute atomic E-state index is 0.245. The second-order valence-corrected chi connectivity index (χ2v) is 6.44. The van der Waals surface area contributed by atoms with Crippen molar-refractivity contribution in [2.45, 2.75) is 44.6 Å². The molecule has 1 N–H and O–H groups in total. The van der Waals surface area contributed by atoms with E-state index in [4.69, 9.17) is 0 Å². The van der Waals surface area contributed by atoms with Gasteiger partial charge in [0.05, 0.1) is 0 Å². The Labute approximate surface area is 122 Å². The molecular weight excluding hydrogens is 246 g/mol. The molecule has 0 saturated carbocycles. The van der Waals surface area contributed by atoms with Gasteiger partial charge in [0, 0.05) is 18.0 Å². The summed E-state index contributed by atoms with van der Waals surface area (Å²) in [5.41, 5.74) is 3.08. The van der Waals surface area contributed by atoms with E-state index in [1.54, 1.807) is 0 Å². The number of fused-ring (bicyclic) bond motifs is 4. The summed E-state index contributed by atoms with van der Waals surface area (Å²) >= 11 is 0. The predicted octanol–water partition coefficient (Wildman–Crippen LogP) is 3.49. The Morgan fingerprint density at radius 1 is 1.50 bits per heavy atom. The maximum Gasteiger partial charge on any atom is 0.115 e. The van der Waals surface area contributed by atoms with Crippen LogP contribution < -0.4 is 0 Å². The SMILES string of the molecule is C=CCN1CC[C@@]2(CC)c3cc(O)ccc3C[C@@H]1[C@@H]2C. The number of benzene rings is 1. The van der Waals surface area contributed by atoms with Crippen molar-refractivity contribution >= 4 is 0 Å². The van der Waals surface area contributed by atoms with Gasteiger partial charge < -0.3 is 5.11 Å². The third-order valence-electron chi connectivity index (χ3n) is 5.82. The first-order chi connectivity index (χ1) is 9.62. The van der Waals surface area contributed by atoms with Crippen molar-refractivity contribution in [3.8, 4) is 5.75 Å². The molecular formula is C18H25NO. The molecule has 2 bridgehead atoms. The number of hydrogen-bond donors (Lipinski definition) is 1. The van der Waals surface area contributed by atoms with Crippen LogP contribution in [0.1, 0.15) is 37.8 Å². The summed E-state index contributed by atoms with van der Waals surface area (Å²) in [5, 5.41) is 9.89. The van der Waals surface area contributed by atoms with Gasteiger partial charge in [0.25, 0.3) is 0 Å². The molecule has 2 aliphatic rings. The fourth-order valence-electron chi connectivity index (χ4n) is 4.62. The first-order valence-corrected chi connectivity index (χ1v) is 7.79. The lowest BCUT2D eigenvalue weighted by molar-refractivity contribution is 0.0285. The van der Waals surface area contributed by atoms with E-state index < -0.39 is 0 Å². The number of nitrogens with zero attached hydrogens (tertiary/aromatic N) is 1. The van der Waals surface area contributed by atoms with Crippen molar-refractivity contribution < 1.29 is 5.11 Å². The molecule has 1 aliphatic carbocycles. The second kappa shape index (κ2) is 4.92. The van der Waals surface area contributed by atoms with E-state index in [9.17, 15) is 5.11 Å². The predicted molar refractivity (Wildman–Crippen MR) is 83.1 cm³/mol. The third-order valence-corrected chi connectivity index (χ3v) is 5.82. The van der Waals surface area contributed by atoms with Gasteiger partial charge in [-0.3, -0.25) is 4.90 Å². The molecule has 2 nitrogen and oxygen atoms in total. The minimum Gasteiger partial charge on any atom is -0.508 e. The van der Waals surface area contributed by atoms with Gasteiger partial charge in [-0.15, -0.1) is 6.58 Å². The van der Waals surface area contributed by atoms with Crippen LogP contribution in [0.5, 0.6) is 5.75 Å². The lowest BCUT2D eigenvalue weighted by atomic mass is 9.57. The Balaban J connectivity index is 2.09. The van der Waals surface area contributed by atoms with Crippen molar-refractivity contribution in [3.05, 3.63) is 42.0 Å². The van der Waals surface area contributed by atoms with Gasteiger partial charge >= 0.3 is 0 Å². The number of aromatic hydroxyl groups is 1. The maximum atomic E-state index is 9.89.